The summed E-state index contributed by atoms with van der Waals surface area (Å²) in [7, 11) is 0. The summed E-state index contributed by atoms with van der Waals surface area (Å²) < 4.78 is 5.63. The Morgan fingerprint density at radius 2 is 1.95 bits per heavy atom. The van der Waals surface area contributed by atoms with E-state index >= 15 is 0 Å². The monoisotopic (exact) mass is 303 g/mol. The number of thiophene rings is 1. The molecule has 0 spiro atoms. The van der Waals surface area contributed by atoms with Gasteiger partial charge in [-0.15, -0.1) is 11.3 Å². The van der Waals surface area contributed by atoms with E-state index in [1.807, 2.05) is 30.5 Å². The fourth-order valence-electron chi connectivity index (χ4n) is 1.97. The fourth-order valence-corrected chi connectivity index (χ4v) is 2.81. The van der Waals surface area contributed by atoms with E-state index in [1.165, 1.54) is 16.9 Å². The van der Waals surface area contributed by atoms with Crippen molar-refractivity contribution >= 4 is 17.2 Å². The van der Waals surface area contributed by atoms with Crippen LogP contribution in [0.3, 0.4) is 0 Å². The Labute approximate surface area is 130 Å². The minimum atomic E-state index is -0.0266. The number of nitrogens with one attached hydrogen (secondary N) is 1. The number of carbonyl (C=O) groups is 1. The van der Waals surface area contributed by atoms with Crippen LogP contribution in [0.4, 0.5) is 0 Å². The van der Waals surface area contributed by atoms with Crippen molar-refractivity contribution in [1.82, 2.24) is 5.32 Å². The third kappa shape index (κ3) is 4.33. The molecule has 1 amide bonds. The van der Waals surface area contributed by atoms with Crippen molar-refractivity contribution in [3.63, 3.8) is 0 Å². The van der Waals surface area contributed by atoms with Crippen LogP contribution in [0, 0.1) is 6.92 Å². The maximum Gasteiger partial charge on any atom is 0.261 e. The number of rotatable bonds is 6. The molecular formula is C17H21NO2S. The molecule has 0 atom stereocenters. The predicted octanol–water partition coefficient (Wildman–Crippen LogP) is 3.99. The molecule has 3 nitrogen and oxygen atoms in total. The van der Waals surface area contributed by atoms with E-state index < -0.39 is 0 Å². The van der Waals surface area contributed by atoms with Crippen LogP contribution >= 0.6 is 11.3 Å². The summed E-state index contributed by atoms with van der Waals surface area (Å²) >= 11 is 1.46. The van der Waals surface area contributed by atoms with Gasteiger partial charge in [0.2, 0.25) is 0 Å². The van der Waals surface area contributed by atoms with Crippen molar-refractivity contribution in [2.45, 2.75) is 26.7 Å². The molecule has 21 heavy (non-hydrogen) atoms. The topological polar surface area (TPSA) is 38.3 Å². The third-order valence-electron chi connectivity index (χ3n) is 3.27. The van der Waals surface area contributed by atoms with Gasteiger partial charge in [0, 0.05) is 0 Å². The first kappa shape index (κ1) is 15.6. The molecule has 0 unspecified atom stereocenters. The van der Waals surface area contributed by atoms with E-state index in [4.69, 9.17) is 4.74 Å². The fraction of sp³-hybridized carbons (Fsp3) is 0.353. The second-order valence-electron chi connectivity index (χ2n) is 5.26. The van der Waals surface area contributed by atoms with Crippen molar-refractivity contribution in [3.8, 4) is 5.75 Å². The zero-order valence-electron chi connectivity index (χ0n) is 12.7. The molecule has 0 aliphatic rings. The van der Waals surface area contributed by atoms with Gasteiger partial charge in [0.25, 0.3) is 5.91 Å². The van der Waals surface area contributed by atoms with Crippen LogP contribution in [-0.2, 0) is 0 Å². The highest BCUT2D eigenvalue weighted by molar-refractivity contribution is 7.12. The van der Waals surface area contributed by atoms with Gasteiger partial charge in [-0.2, -0.15) is 0 Å². The molecule has 0 saturated carbocycles. The lowest BCUT2D eigenvalue weighted by atomic mass is 10.0. The lowest BCUT2D eigenvalue weighted by molar-refractivity contribution is 0.0950. The molecule has 4 heteroatoms. The second kappa shape index (κ2) is 7.27. The molecule has 0 aliphatic carbocycles. The largest absolute Gasteiger partial charge is 0.492 e. The van der Waals surface area contributed by atoms with Crippen LogP contribution in [0.1, 0.15) is 40.6 Å². The molecule has 1 aromatic heterocycles. The number of hydrogen-bond acceptors (Lipinski definition) is 3. The van der Waals surface area contributed by atoms with Crippen LogP contribution < -0.4 is 10.1 Å². The average molecular weight is 303 g/mol. The van der Waals surface area contributed by atoms with Gasteiger partial charge in [0.1, 0.15) is 12.4 Å². The Kier molecular flexibility index (Phi) is 5.39. The average Bonchev–Trinajstić information content (AvgIpc) is 2.90. The Hall–Kier alpha value is -1.81. The van der Waals surface area contributed by atoms with Gasteiger partial charge in [-0.3, -0.25) is 4.79 Å². The van der Waals surface area contributed by atoms with Crippen LogP contribution in [0.15, 0.2) is 35.7 Å². The number of amides is 1. The molecule has 0 radical (unpaired) electrons. The van der Waals surface area contributed by atoms with Crippen LogP contribution in [0.25, 0.3) is 0 Å². The molecule has 0 bridgehead atoms. The lowest BCUT2D eigenvalue weighted by Crippen LogP contribution is -2.27. The first-order valence-corrected chi connectivity index (χ1v) is 8.01. The molecular weight excluding hydrogens is 282 g/mol. The maximum atomic E-state index is 11.9. The highest BCUT2D eigenvalue weighted by Gasteiger charge is 2.09. The highest BCUT2D eigenvalue weighted by atomic mass is 32.1. The molecule has 2 aromatic rings. The van der Waals surface area contributed by atoms with Gasteiger partial charge in [0.05, 0.1) is 11.4 Å². The summed E-state index contributed by atoms with van der Waals surface area (Å²) in [6.07, 6.45) is 0. The number of carbonyl (C=O) groups excluding carboxylic acids is 1. The Balaban J connectivity index is 1.75. The molecule has 1 aromatic carbocycles. The summed E-state index contributed by atoms with van der Waals surface area (Å²) in [5, 5.41) is 4.80. The Morgan fingerprint density at radius 3 is 2.52 bits per heavy atom. The molecule has 0 aliphatic heterocycles. The van der Waals surface area contributed by atoms with Gasteiger partial charge < -0.3 is 10.1 Å². The first-order valence-electron chi connectivity index (χ1n) is 7.13. The van der Waals surface area contributed by atoms with Crippen LogP contribution in [0.2, 0.25) is 0 Å². The molecule has 1 heterocycles. The zero-order chi connectivity index (χ0) is 15.2. The Bertz CT molecular complexity index is 587. The first-order chi connectivity index (χ1) is 10.1. The minimum absolute atomic E-state index is 0.0266. The standard InChI is InChI=1S/C17H21NO2S/c1-12(2)14-4-6-15(7-5-14)20-10-9-18-17(19)16-13(3)8-11-21-16/h4-8,11-12H,9-10H2,1-3H3,(H,18,19). The van der Waals surface area contributed by atoms with Crippen molar-refractivity contribution in [3.05, 3.63) is 51.7 Å². The van der Waals surface area contributed by atoms with E-state index in [9.17, 15) is 4.79 Å². The minimum Gasteiger partial charge on any atom is -0.492 e. The second-order valence-corrected chi connectivity index (χ2v) is 6.18. The van der Waals surface area contributed by atoms with Crippen molar-refractivity contribution in [1.29, 1.82) is 0 Å². The number of ether oxygens (including phenoxy) is 1. The Morgan fingerprint density at radius 1 is 1.24 bits per heavy atom. The summed E-state index contributed by atoms with van der Waals surface area (Å²) in [5.41, 5.74) is 2.31. The lowest BCUT2D eigenvalue weighted by Gasteiger charge is -2.09. The summed E-state index contributed by atoms with van der Waals surface area (Å²) in [5.74, 6) is 1.33. The van der Waals surface area contributed by atoms with Crippen LogP contribution in [0.5, 0.6) is 5.75 Å². The van der Waals surface area contributed by atoms with E-state index in [-0.39, 0.29) is 5.91 Å². The number of hydrogen-bond donors (Lipinski definition) is 1. The highest BCUT2D eigenvalue weighted by Crippen LogP contribution is 2.18. The van der Waals surface area contributed by atoms with E-state index in [2.05, 4.69) is 31.3 Å². The summed E-state index contributed by atoms with van der Waals surface area (Å²) in [6, 6.07) is 10.1. The van der Waals surface area contributed by atoms with E-state index in [0.29, 0.717) is 19.1 Å². The SMILES string of the molecule is Cc1ccsc1C(=O)NCCOc1ccc(C(C)C)cc1. The maximum absolute atomic E-state index is 11.9. The predicted molar refractivity (Wildman–Crippen MR) is 87.4 cm³/mol. The molecule has 0 saturated heterocycles. The zero-order valence-corrected chi connectivity index (χ0v) is 13.5. The normalized spacial score (nSPS) is 10.7. The summed E-state index contributed by atoms with van der Waals surface area (Å²) in [6.45, 7) is 7.24. The van der Waals surface area contributed by atoms with Gasteiger partial charge in [-0.05, 0) is 47.5 Å². The van der Waals surface area contributed by atoms with E-state index in [1.54, 1.807) is 0 Å². The smallest absolute Gasteiger partial charge is 0.261 e. The summed E-state index contributed by atoms with van der Waals surface area (Å²) in [4.78, 5) is 12.7. The van der Waals surface area contributed by atoms with E-state index in [0.717, 1.165) is 16.2 Å². The van der Waals surface area contributed by atoms with Gasteiger partial charge in [-0.25, -0.2) is 0 Å². The number of aryl methyl sites for hydroxylation is 1. The number of benzene rings is 1. The molecule has 0 fully saturated rings. The van der Waals surface area contributed by atoms with Gasteiger partial charge in [-0.1, -0.05) is 26.0 Å². The molecule has 2 rings (SSSR count). The van der Waals surface area contributed by atoms with Crippen LogP contribution in [-0.4, -0.2) is 19.1 Å². The molecule has 112 valence electrons. The van der Waals surface area contributed by atoms with Gasteiger partial charge in [0.15, 0.2) is 0 Å². The third-order valence-corrected chi connectivity index (χ3v) is 4.29. The van der Waals surface area contributed by atoms with Crippen molar-refractivity contribution < 1.29 is 9.53 Å². The van der Waals surface area contributed by atoms with Crippen molar-refractivity contribution in [2.24, 2.45) is 0 Å². The molecule has 1 N–H and O–H groups in total. The van der Waals surface area contributed by atoms with Gasteiger partial charge >= 0.3 is 0 Å². The van der Waals surface area contributed by atoms with Crippen molar-refractivity contribution in [2.75, 3.05) is 13.2 Å². The quantitative estimate of drug-likeness (QED) is 0.819.